The van der Waals surface area contributed by atoms with Crippen LogP contribution in [0, 0.1) is 16.7 Å². The second-order valence-electron chi connectivity index (χ2n) is 6.66. The molecule has 0 aliphatic heterocycles. The number of carbonyl (C=O) groups excluding carboxylic acids is 1. The fourth-order valence-corrected chi connectivity index (χ4v) is 4.19. The highest BCUT2D eigenvalue weighted by Crippen LogP contribution is 2.65. The highest BCUT2D eigenvalue weighted by atomic mass is 16.3. The molecule has 3 unspecified atom stereocenters. The van der Waals surface area contributed by atoms with Gasteiger partial charge in [0.15, 0.2) is 5.78 Å². The van der Waals surface area contributed by atoms with Gasteiger partial charge in [0.2, 0.25) is 0 Å². The lowest BCUT2D eigenvalue weighted by molar-refractivity contribution is -0.124. The van der Waals surface area contributed by atoms with E-state index in [2.05, 4.69) is 13.5 Å². The van der Waals surface area contributed by atoms with E-state index in [9.17, 15) is 15.0 Å². The van der Waals surface area contributed by atoms with Crippen LogP contribution in [-0.2, 0) is 4.79 Å². The number of rotatable bonds is 2. The predicted molar refractivity (Wildman–Crippen MR) is 72.4 cm³/mol. The van der Waals surface area contributed by atoms with Gasteiger partial charge in [0.1, 0.15) is 0 Å². The van der Waals surface area contributed by atoms with Crippen molar-refractivity contribution in [2.45, 2.75) is 45.6 Å². The Morgan fingerprint density at radius 1 is 1.42 bits per heavy atom. The fourth-order valence-electron chi connectivity index (χ4n) is 4.19. The summed E-state index contributed by atoms with van der Waals surface area (Å²) in [5, 5.41) is 20.1. The Balaban J connectivity index is 2.18. The number of allylic oxidation sites excluding steroid dienone is 1. The van der Waals surface area contributed by atoms with Gasteiger partial charge in [-0.05, 0) is 31.3 Å². The number of hydrogen-bond acceptors (Lipinski definition) is 3. The zero-order valence-corrected chi connectivity index (χ0v) is 11.7. The summed E-state index contributed by atoms with van der Waals surface area (Å²) in [6, 6.07) is 0. The van der Waals surface area contributed by atoms with Crippen LogP contribution in [0.4, 0.5) is 0 Å². The second-order valence-corrected chi connectivity index (χ2v) is 6.66. The summed E-state index contributed by atoms with van der Waals surface area (Å²) < 4.78 is 0. The van der Waals surface area contributed by atoms with Crippen molar-refractivity contribution in [2.24, 2.45) is 16.7 Å². The number of ketones is 1. The molecule has 3 rings (SSSR count). The van der Waals surface area contributed by atoms with E-state index in [4.69, 9.17) is 0 Å². The van der Waals surface area contributed by atoms with Crippen molar-refractivity contribution < 1.29 is 15.0 Å². The SMILES string of the molecule is C=C1C(O)C2CC(C)(CO)C(=O)C2=C(CC)C12CC2. The van der Waals surface area contributed by atoms with Crippen molar-refractivity contribution in [1.82, 2.24) is 0 Å². The molecule has 0 aromatic carbocycles. The summed E-state index contributed by atoms with van der Waals surface area (Å²) in [6.45, 7) is 7.85. The van der Waals surface area contributed by atoms with Crippen LogP contribution < -0.4 is 0 Å². The molecule has 0 aromatic rings. The van der Waals surface area contributed by atoms with E-state index in [0.29, 0.717) is 6.42 Å². The molecule has 0 saturated heterocycles. The van der Waals surface area contributed by atoms with E-state index in [1.807, 2.05) is 6.92 Å². The summed E-state index contributed by atoms with van der Waals surface area (Å²) in [5.74, 6) is -0.104. The average molecular weight is 262 g/mol. The zero-order chi connectivity index (χ0) is 14.0. The summed E-state index contributed by atoms with van der Waals surface area (Å²) >= 11 is 0. The van der Waals surface area contributed by atoms with Gasteiger partial charge < -0.3 is 10.2 Å². The molecule has 2 N–H and O–H groups in total. The van der Waals surface area contributed by atoms with Crippen LogP contribution in [0.25, 0.3) is 0 Å². The van der Waals surface area contributed by atoms with Crippen molar-refractivity contribution >= 4 is 5.78 Å². The third-order valence-electron chi connectivity index (χ3n) is 5.54. The first-order chi connectivity index (χ1) is 8.91. The zero-order valence-electron chi connectivity index (χ0n) is 11.7. The first-order valence-electron chi connectivity index (χ1n) is 7.18. The Kier molecular flexibility index (Phi) is 2.61. The lowest BCUT2D eigenvalue weighted by Crippen LogP contribution is -2.34. The molecule has 2 fully saturated rings. The molecular formula is C16H22O3. The van der Waals surface area contributed by atoms with Crippen LogP contribution in [-0.4, -0.2) is 28.7 Å². The number of carbonyl (C=O) groups is 1. The number of fused-ring (bicyclic) bond motifs is 1. The van der Waals surface area contributed by atoms with Gasteiger partial charge in [0.05, 0.1) is 18.1 Å². The van der Waals surface area contributed by atoms with E-state index in [1.165, 1.54) is 5.57 Å². The maximum atomic E-state index is 12.7. The highest BCUT2D eigenvalue weighted by molar-refractivity contribution is 6.04. The molecule has 0 aromatic heterocycles. The molecule has 0 heterocycles. The minimum Gasteiger partial charge on any atom is -0.395 e. The topological polar surface area (TPSA) is 57.5 Å². The van der Waals surface area contributed by atoms with E-state index in [-0.39, 0.29) is 23.7 Å². The van der Waals surface area contributed by atoms with Gasteiger partial charge in [-0.1, -0.05) is 26.0 Å². The number of aliphatic hydroxyl groups excluding tert-OH is 2. The first-order valence-corrected chi connectivity index (χ1v) is 7.18. The molecular weight excluding hydrogens is 240 g/mol. The Morgan fingerprint density at radius 2 is 2.05 bits per heavy atom. The van der Waals surface area contributed by atoms with E-state index >= 15 is 0 Å². The van der Waals surface area contributed by atoms with Gasteiger partial charge in [-0.25, -0.2) is 0 Å². The Hall–Kier alpha value is -0.930. The van der Waals surface area contributed by atoms with Crippen LogP contribution in [0.3, 0.4) is 0 Å². The lowest BCUT2D eigenvalue weighted by atomic mass is 9.70. The molecule has 0 radical (unpaired) electrons. The highest BCUT2D eigenvalue weighted by Gasteiger charge is 2.60. The monoisotopic (exact) mass is 262 g/mol. The molecule has 3 nitrogen and oxygen atoms in total. The van der Waals surface area contributed by atoms with Crippen molar-refractivity contribution in [3.8, 4) is 0 Å². The van der Waals surface area contributed by atoms with Gasteiger partial charge in [-0.15, -0.1) is 0 Å². The molecule has 1 spiro atoms. The standard InChI is InChI=1S/C16H22O3/c1-4-11-12-10(7-15(3,8-17)14(12)19)13(18)9(2)16(11)5-6-16/h10,13,17-18H,2,4-8H2,1,3H3. The Bertz CT molecular complexity index is 498. The first kappa shape index (κ1) is 13.1. The van der Waals surface area contributed by atoms with Crippen LogP contribution in [0.15, 0.2) is 23.3 Å². The van der Waals surface area contributed by atoms with E-state index in [0.717, 1.165) is 30.4 Å². The van der Waals surface area contributed by atoms with Crippen molar-refractivity contribution in [1.29, 1.82) is 0 Å². The third kappa shape index (κ3) is 1.43. The molecule has 3 atom stereocenters. The lowest BCUT2D eigenvalue weighted by Gasteiger charge is -2.36. The van der Waals surface area contributed by atoms with E-state index in [1.54, 1.807) is 0 Å². The number of aliphatic hydroxyl groups is 2. The maximum Gasteiger partial charge on any atom is 0.167 e. The van der Waals surface area contributed by atoms with Crippen LogP contribution in [0.5, 0.6) is 0 Å². The molecule has 3 aliphatic carbocycles. The number of hydrogen-bond donors (Lipinski definition) is 2. The van der Waals surface area contributed by atoms with Crippen LogP contribution in [0.1, 0.15) is 39.5 Å². The van der Waals surface area contributed by atoms with Crippen LogP contribution >= 0.6 is 0 Å². The van der Waals surface area contributed by atoms with Gasteiger partial charge in [0, 0.05) is 16.9 Å². The van der Waals surface area contributed by atoms with Gasteiger partial charge in [-0.2, -0.15) is 0 Å². The van der Waals surface area contributed by atoms with Gasteiger partial charge in [0.25, 0.3) is 0 Å². The minimum absolute atomic E-state index is 0.0506. The molecule has 0 bridgehead atoms. The molecule has 0 amide bonds. The quantitative estimate of drug-likeness (QED) is 0.748. The fraction of sp³-hybridized carbons (Fsp3) is 0.688. The molecule has 2 saturated carbocycles. The predicted octanol–water partition coefficient (Wildman–Crippen LogP) is 1.99. The third-order valence-corrected chi connectivity index (χ3v) is 5.54. The Labute approximate surface area is 114 Å². The van der Waals surface area contributed by atoms with Crippen molar-refractivity contribution in [3.05, 3.63) is 23.3 Å². The summed E-state index contributed by atoms with van der Waals surface area (Å²) in [4.78, 5) is 12.7. The van der Waals surface area contributed by atoms with Crippen molar-refractivity contribution in [2.75, 3.05) is 6.61 Å². The number of Topliss-reactive ketones (excluding diaryl/α,β-unsaturated/α-hetero) is 1. The van der Waals surface area contributed by atoms with Crippen molar-refractivity contribution in [3.63, 3.8) is 0 Å². The molecule has 3 aliphatic rings. The van der Waals surface area contributed by atoms with Gasteiger partial charge >= 0.3 is 0 Å². The summed E-state index contributed by atoms with van der Waals surface area (Å²) in [5.41, 5.74) is 2.08. The Morgan fingerprint density at radius 3 is 2.53 bits per heavy atom. The smallest absolute Gasteiger partial charge is 0.167 e. The molecule has 104 valence electrons. The normalized spacial score (nSPS) is 40.0. The maximum absolute atomic E-state index is 12.7. The average Bonchev–Trinajstić information content (AvgIpc) is 3.15. The summed E-state index contributed by atoms with van der Waals surface area (Å²) in [7, 11) is 0. The molecule has 3 heteroatoms. The second kappa shape index (κ2) is 3.80. The molecule has 19 heavy (non-hydrogen) atoms. The van der Waals surface area contributed by atoms with E-state index < -0.39 is 11.5 Å². The largest absolute Gasteiger partial charge is 0.395 e. The summed E-state index contributed by atoms with van der Waals surface area (Å²) in [6.07, 6.45) is 2.77. The minimum atomic E-state index is -0.720. The van der Waals surface area contributed by atoms with Crippen LogP contribution in [0.2, 0.25) is 0 Å². The van der Waals surface area contributed by atoms with Gasteiger partial charge in [-0.3, -0.25) is 4.79 Å².